The van der Waals surface area contributed by atoms with Gasteiger partial charge in [0.1, 0.15) is 0 Å². The third-order valence-electron chi connectivity index (χ3n) is 2.34. The van der Waals surface area contributed by atoms with Crippen LogP contribution >= 0.6 is 0 Å². The second kappa shape index (κ2) is 4.66. The lowest BCUT2D eigenvalue weighted by Crippen LogP contribution is -2.05. The first kappa shape index (κ1) is 10.5. The maximum absolute atomic E-state index is 11.9. The number of aromatic nitrogens is 2. The highest BCUT2D eigenvalue weighted by Crippen LogP contribution is 2.07. The summed E-state index contributed by atoms with van der Waals surface area (Å²) in [5.41, 5.74) is 2.57. The van der Waals surface area contributed by atoms with E-state index in [1.54, 1.807) is 18.3 Å². The molecule has 0 radical (unpaired) electrons. The van der Waals surface area contributed by atoms with Crippen molar-refractivity contribution in [1.82, 2.24) is 10.2 Å². The number of Topliss-reactive ketones (excluding diaryl/α,β-unsaturated/α-hetero) is 1. The zero-order valence-corrected chi connectivity index (χ0v) is 9.05. The molecular weight excluding hydrogens is 200 g/mol. The molecule has 1 heterocycles. The fourth-order valence-electron chi connectivity index (χ4n) is 1.43. The second-order valence-corrected chi connectivity index (χ2v) is 3.68. The molecule has 0 fully saturated rings. The van der Waals surface area contributed by atoms with Crippen molar-refractivity contribution < 1.29 is 4.79 Å². The summed E-state index contributed by atoms with van der Waals surface area (Å²) >= 11 is 0. The van der Waals surface area contributed by atoms with E-state index in [0.29, 0.717) is 12.1 Å². The van der Waals surface area contributed by atoms with Gasteiger partial charge in [-0.1, -0.05) is 29.8 Å². The number of carbonyl (C=O) groups is 1. The quantitative estimate of drug-likeness (QED) is 0.732. The normalized spacial score (nSPS) is 10.1. The third-order valence-corrected chi connectivity index (χ3v) is 2.34. The van der Waals surface area contributed by atoms with Gasteiger partial charge in [0.15, 0.2) is 5.78 Å². The average Bonchev–Trinajstić information content (AvgIpc) is 2.31. The Morgan fingerprint density at radius 3 is 2.56 bits per heavy atom. The van der Waals surface area contributed by atoms with Gasteiger partial charge in [-0.2, -0.15) is 10.2 Å². The van der Waals surface area contributed by atoms with Crippen molar-refractivity contribution in [2.75, 3.05) is 0 Å². The largest absolute Gasteiger partial charge is 0.294 e. The molecule has 0 aliphatic heterocycles. The maximum Gasteiger partial charge on any atom is 0.168 e. The first-order valence-electron chi connectivity index (χ1n) is 5.12. The van der Waals surface area contributed by atoms with Crippen LogP contribution in [0.5, 0.6) is 0 Å². The molecule has 2 aromatic rings. The highest BCUT2D eigenvalue weighted by molar-refractivity contribution is 5.97. The number of hydrogen-bond acceptors (Lipinski definition) is 3. The van der Waals surface area contributed by atoms with Gasteiger partial charge in [0, 0.05) is 11.8 Å². The topological polar surface area (TPSA) is 42.9 Å². The Hall–Kier alpha value is -2.03. The van der Waals surface area contributed by atoms with Gasteiger partial charge >= 0.3 is 0 Å². The molecule has 0 saturated carbocycles. The summed E-state index contributed by atoms with van der Waals surface area (Å²) in [5, 5.41) is 7.63. The van der Waals surface area contributed by atoms with E-state index >= 15 is 0 Å². The van der Waals surface area contributed by atoms with Crippen LogP contribution in [0.3, 0.4) is 0 Å². The summed E-state index contributed by atoms with van der Waals surface area (Å²) in [4.78, 5) is 11.9. The van der Waals surface area contributed by atoms with Gasteiger partial charge in [-0.05, 0) is 19.1 Å². The van der Waals surface area contributed by atoms with E-state index in [-0.39, 0.29) is 5.78 Å². The molecule has 0 N–H and O–H groups in total. The van der Waals surface area contributed by atoms with Crippen LogP contribution in [0.15, 0.2) is 42.6 Å². The lowest BCUT2D eigenvalue weighted by atomic mass is 10.1. The Morgan fingerprint density at radius 1 is 1.19 bits per heavy atom. The molecule has 0 saturated heterocycles. The maximum atomic E-state index is 11.9. The molecule has 0 aliphatic carbocycles. The van der Waals surface area contributed by atoms with Gasteiger partial charge in [0.25, 0.3) is 0 Å². The Labute approximate surface area is 94.2 Å². The first-order chi connectivity index (χ1) is 7.75. The minimum atomic E-state index is 0.0699. The number of nitrogens with zero attached hydrogens (tertiary/aromatic N) is 2. The van der Waals surface area contributed by atoms with Crippen molar-refractivity contribution in [3.05, 3.63) is 59.4 Å². The van der Waals surface area contributed by atoms with Crippen LogP contribution in [0.2, 0.25) is 0 Å². The summed E-state index contributed by atoms with van der Waals surface area (Å²) in [5.74, 6) is 0.0699. The highest BCUT2D eigenvalue weighted by atomic mass is 16.1. The van der Waals surface area contributed by atoms with E-state index in [4.69, 9.17) is 0 Å². The van der Waals surface area contributed by atoms with Gasteiger partial charge in [-0.15, -0.1) is 0 Å². The van der Waals surface area contributed by atoms with Crippen molar-refractivity contribution in [2.24, 2.45) is 0 Å². The summed E-state index contributed by atoms with van der Waals surface area (Å²) in [7, 11) is 0. The van der Waals surface area contributed by atoms with Crippen LogP contribution < -0.4 is 0 Å². The fraction of sp³-hybridized carbons (Fsp3) is 0.154. The molecule has 80 valence electrons. The summed E-state index contributed by atoms with van der Waals surface area (Å²) < 4.78 is 0. The van der Waals surface area contributed by atoms with Gasteiger partial charge in [-0.3, -0.25) is 4.79 Å². The van der Waals surface area contributed by atoms with Gasteiger partial charge in [0.2, 0.25) is 0 Å². The Morgan fingerprint density at radius 2 is 1.94 bits per heavy atom. The molecule has 1 aromatic carbocycles. The molecule has 0 atom stereocenters. The highest BCUT2D eigenvalue weighted by Gasteiger charge is 2.07. The first-order valence-corrected chi connectivity index (χ1v) is 5.12. The zero-order valence-electron chi connectivity index (χ0n) is 9.05. The Bertz CT molecular complexity index is 477. The van der Waals surface area contributed by atoms with E-state index in [2.05, 4.69) is 10.2 Å². The molecular formula is C13H12N2O. The second-order valence-electron chi connectivity index (χ2n) is 3.68. The predicted octanol–water partition coefficient (Wildman–Crippen LogP) is 2.21. The monoisotopic (exact) mass is 212 g/mol. The molecule has 0 aliphatic rings. The smallest absolute Gasteiger partial charge is 0.168 e. The third kappa shape index (κ3) is 2.51. The number of rotatable bonds is 3. The molecule has 16 heavy (non-hydrogen) atoms. The number of carbonyl (C=O) groups excluding carboxylic acids is 1. The fourth-order valence-corrected chi connectivity index (χ4v) is 1.43. The summed E-state index contributed by atoms with van der Waals surface area (Å²) in [6, 6.07) is 11.1. The standard InChI is InChI=1S/C13H12N2O/c1-10-4-6-11(7-5-10)13(16)9-12-3-2-8-14-15-12/h2-8H,9H2,1H3. The summed E-state index contributed by atoms with van der Waals surface area (Å²) in [6.45, 7) is 2.00. The summed E-state index contributed by atoms with van der Waals surface area (Å²) in [6.07, 6.45) is 1.90. The number of benzene rings is 1. The SMILES string of the molecule is Cc1ccc(C(=O)Cc2cccnn2)cc1. The predicted molar refractivity (Wildman–Crippen MR) is 61.2 cm³/mol. The van der Waals surface area contributed by atoms with Gasteiger partial charge < -0.3 is 0 Å². The van der Waals surface area contributed by atoms with Crippen LogP contribution in [0.1, 0.15) is 21.6 Å². The van der Waals surface area contributed by atoms with Crippen LogP contribution in [0, 0.1) is 6.92 Å². The lowest BCUT2D eigenvalue weighted by molar-refractivity contribution is 0.0991. The van der Waals surface area contributed by atoms with Crippen LogP contribution in [0.25, 0.3) is 0 Å². The minimum Gasteiger partial charge on any atom is -0.294 e. The Kier molecular flexibility index (Phi) is 3.05. The molecule has 0 bridgehead atoms. The molecule has 1 aromatic heterocycles. The van der Waals surface area contributed by atoms with Crippen LogP contribution in [-0.2, 0) is 6.42 Å². The van der Waals surface area contributed by atoms with Gasteiger partial charge in [-0.25, -0.2) is 0 Å². The molecule has 3 heteroatoms. The van der Waals surface area contributed by atoms with E-state index in [1.165, 1.54) is 0 Å². The molecule has 0 spiro atoms. The molecule has 0 unspecified atom stereocenters. The van der Waals surface area contributed by atoms with Crippen molar-refractivity contribution >= 4 is 5.78 Å². The van der Waals surface area contributed by atoms with Crippen molar-refractivity contribution in [3.8, 4) is 0 Å². The van der Waals surface area contributed by atoms with Crippen molar-refractivity contribution in [1.29, 1.82) is 0 Å². The van der Waals surface area contributed by atoms with E-state index < -0.39 is 0 Å². The van der Waals surface area contributed by atoms with E-state index in [0.717, 1.165) is 11.1 Å². The number of aryl methyl sites for hydroxylation is 1. The van der Waals surface area contributed by atoms with Crippen LogP contribution in [-0.4, -0.2) is 16.0 Å². The molecule has 3 nitrogen and oxygen atoms in total. The van der Waals surface area contributed by atoms with E-state index in [1.807, 2.05) is 31.2 Å². The lowest BCUT2D eigenvalue weighted by Gasteiger charge is -2.00. The van der Waals surface area contributed by atoms with E-state index in [9.17, 15) is 4.79 Å². The number of hydrogen-bond donors (Lipinski definition) is 0. The van der Waals surface area contributed by atoms with Gasteiger partial charge in [0.05, 0.1) is 12.1 Å². The number of ketones is 1. The Balaban J connectivity index is 2.12. The van der Waals surface area contributed by atoms with Crippen molar-refractivity contribution in [2.45, 2.75) is 13.3 Å². The average molecular weight is 212 g/mol. The zero-order chi connectivity index (χ0) is 11.4. The van der Waals surface area contributed by atoms with Crippen LogP contribution in [0.4, 0.5) is 0 Å². The minimum absolute atomic E-state index is 0.0699. The van der Waals surface area contributed by atoms with Crippen molar-refractivity contribution in [3.63, 3.8) is 0 Å². The molecule has 2 rings (SSSR count). The molecule has 0 amide bonds.